The molecule has 0 aliphatic heterocycles. The maximum Gasteiger partial charge on any atom is 0.207 e. The Morgan fingerprint density at radius 1 is 1.36 bits per heavy atom. The van der Waals surface area contributed by atoms with Crippen LogP contribution in [0.1, 0.15) is 22.3 Å². The molecule has 0 aliphatic rings. The normalized spacial score (nSPS) is 9.93. The van der Waals surface area contributed by atoms with Gasteiger partial charge in [0.05, 0.1) is 0 Å². The summed E-state index contributed by atoms with van der Waals surface area (Å²) in [6.45, 7) is 5.22. The van der Waals surface area contributed by atoms with Crippen molar-refractivity contribution >= 4 is 6.41 Å². The first-order valence-electron chi connectivity index (χ1n) is 4.65. The Morgan fingerprint density at radius 3 is 2.36 bits per heavy atom. The molecule has 3 nitrogen and oxygen atoms in total. The predicted molar refractivity (Wildman–Crippen MR) is 56.7 cm³/mol. The van der Waals surface area contributed by atoms with Crippen LogP contribution in [0.5, 0.6) is 0 Å². The van der Waals surface area contributed by atoms with Gasteiger partial charge in [-0.25, -0.2) is 0 Å². The van der Waals surface area contributed by atoms with Gasteiger partial charge in [-0.15, -0.1) is 0 Å². The molecule has 3 heteroatoms. The number of carbonyl (C=O) groups excluding carboxylic acids is 1. The molecule has 0 saturated carbocycles. The maximum absolute atomic E-state index is 10.2. The topological polar surface area (TPSA) is 55.1 Å². The Balaban J connectivity index is 2.98. The Bertz CT molecular complexity index is 311. The minimum Gasteiger partial charge on any atom is -0.355 e. The van der Waals surface area contributed by atoms with E-state index in [9.17, 15) is 4.79 Å². The largest absolute Gasteiger partial charge is 0.355 e. The van der Waals surface area contributed by atoms with E-state index in [-0.39, 0.29) is 0 Å². The molecule has 0 unspecified atom stereocenters. The van der Waals surface area contributed by atoms with Gasteiger partial charge in [-0.3, -0.25) is 4.79 Å². The number of hydrogen-bond donors (Lipinski definition) is 2. The number of benzene rings is 1. The molecule has 0 aliphatic carbocycles. The monoisotopic (exact) mass is 192 g/mol. The van der Waals surface area contributed by atoms with E-state index in [0.717, 1.165) is 12.0 Å². The quantitative estimate of drug-likeness (QED) is 0.699. The lowest BCUT2D eigenvalue weighted by Crippen LogP contribution is -2.12. The summed E-state index contributed by atoms with van der Waals surface area (Å²) in [7, 11) is 0. The fraction of sp³-hybridized carbons (Fsp3) is 0.364. The molecular formula is C11H16N2O. The molecule has 0 saturated heterocycles. The fourth-order valence-electron chi connectivity index (χ4n) is 1.62. The maximum atomic E-state index is 10.2. The van der Waals surface area contributed by atoms with Crippen LogP contribution in [0.3, 0.4) is 0 Å². The molecule has 0 fully saturated rings. The number of hydrogen-bond acceptors (Lipinski definition) is 2. The average Bonchev–Trinajstić information content (AvgIpc) is 2.16. The molecule has 0 bridgehead atoms. The number of rotatable bonds is 4. The van der Waals surface area contributed by atoms with E-state index in [4.69, 9.17) is 5.73 Å². The summed E-state index contributed by atoms with van der Waals surface area (Å²) in [6.07, 6.45) is 0.718. The lowest BCUT2D eigenvalue weighted by molar-refractivity contribution is -0.109. The molecule has 76 valence electrons. The van der Waals surface area contributed by atoms with Crippen LogP contribution in [0.2, 0.25) is 0 Å². The number of nitrogens with one attached hydrogen (secondary N) is 1. The molecular weight excluding hydrogens is 176 g/mol. The highest BCUT2D eigenvalue weighted by molar-refractivity contribution is 5.47. The van der Waals surface area contributed by atoms with Gasteiger partial charge in [0.2, 0.25) is 6.41 Å². The Hall–Kier alpha value is -1.35. The average molecular weight is 192 g/mol. The van der Waals surface area contributed by atoms with E-state index in [1.165, 1.54) is 16.7 Å². The molecule has 0 spiro atoms. The first kappa shape index (κ1) is 10.7. The number of nitrogens with two attached hydrogens (primary N) is 1. The van der Waals surface area contributed by atoms with Gasteiger partial charge in [-0.1, -0.05) is 12.1 Å². The summed E-state index contributed by atoms with van der Waals surface area (Å²) in [4.78, 5) is 10.2. The van der Waals surface area contributed by atoms with Gasteiger partial charge in [0, 0.05) is 13.1 Å². The predicted octanol–water partition coefficient (Wildman–Crippen LogP) is 1.01. The van der Waals surface area contributed by atoms with Gasteiger partial charge in [-0.2, -0.15) is 0 Å². The van der Waals surface area contributed by atoms with Crippen molar-refractivity contribution in [3.05, 3.63) is 34.4 Å². The molecule has 0 radical (unpaired) electrons. The Labute approximate surface area is 84.3 Å². The highest BCUT2D eigenvalue weighted by atomic mass is 16.1. The fourth-order valence-corrected chi connectivity index (χ4v) is 1.62. The smallest absolute Gasteiger partial charge is 0.207 e. The van der Waals surface area contributed by atoms with Gasteiger partial charge < -0.3 is 11.1 Å². The van der Waals surface area contributed by atoms with Gasteiger partial charge in [-0.05, 0) is 36.1 Å². The summed E-state index contributed by atoms with van der Waals surface area (Å²) in [5.41, 5.74) is 10.2. The summed E-state index contributed by atoms with van der Waals surface area (Å²) >= 11 is 0. The van der Waals surface area contributed by atoms with Gasteiger partial charge >= 0.3 is 0 Å². The van der Waals surface area contributed by atoms with Crippen molar-refractivity contribution in [1.29, 1.82) is 0 Å². The minimum atomic E-state index is 0.559. The lowest BCUT2D eigenvalue weighted by Gasteiger charge is -2.11. The summed E-state index contributed by atoms with van der Waals surface area (Å²) in [6, 6.07) is 4.13. The van der Waals surface area contributed by atoms with Crippen LogP contribution < -0.4 is 11.1 Å². The zero-order valence-corrected chi connectivity index (χ0v) is 8.63. The molecule has 1 aromatic rings. The Morgan fingerprint density at radius 2 is 1.93 bits per heavy atom. The van der Waals surface area contributed by atoms with Crippen molar-refractivity contribution < 1.29 is 4.79 Å². The van der Waals surface area contributed by atoms with E-state index in [1.54, 1.807) is 0 Å². The lowest BCUT2D eigenvalue weighted by atomic mass is 9.99. The van der Waals surface area contributed by atoms with Crippen LogP contribution >= 0.6 is 0 Å². The number of amides is 1. The first-order chi connectivity index (χ1) is 6.69. The van der Waals surface area contributed by atoms with Crippen LogP contribution in [0.25, 0.3) is 0 Å². The van der Waals surface area contributed by atoms with Gasteiger partial charge in [0.25, 0.3) is 0 Å². The zero-order valence-electron chi connectivity index (χ0n) is 8.63. The number of aryl methyl sites for hydroxylation is 2. The van der Waals surface area contributed by atoms with Crippen LogP contribution in [0.4, 0.5) is 0 Å². The second-order valence-corrected chi connectivity index (χ2v) is 3.41. The van der Waals surface area contributed by atoms with E-state index in [1.807, 2.05) is 13.8 Å². The zero-order chi connectivity index (χ0) is 10.6. The molecule has 1 aromatic carbocycles. The van der Waals surface area contributed by atoms with E-state index >= 15 is 0 Å². The second-order valence-electron chi connectivity index (χ2n) is 3.41. The molecule has 0 atom stereocenters. The number of carbonyl (C=O) groups is 1. The van der Waals surface area contributed by atoms with Gasteiger partial charge in [0.15, 0.2) is 0 Å². The molecule has 0 aromatic heterocycles. The molecule has 1 rings (SSSR count). The third kappa shape index (κ3) is 2.33. The minimum absolute atomic E-state index is 0.559. The third-order valence-electron chi connectivity index (χ3n) is 2.35. The highest BCUT2D eigenvalue weighted by Gasteiger charge is 2.03. The summed E-state index contributed by atoms with van der Waals surface area (Å²) in [5, 5.41) is 2.67. The Kier molecular flexibility index (Phi) is 3.65. The van der Waals surface area contributed by atoms with Crippen molar-refractivity contribution in [1.82, 2.24) is 5.32 Å². The standard InChI is InChI=1S/C11H16N2O/c1-8-3-10(5-12)4-9(2)11(8)6-13-7-14/h3-4,7H,5-6,12H2,1-2H3,(H,13,14). The first-order valence-corrected chi connectivity index (χ1v) is 4.65. The molecule has 14 heavy (non-hydrogen) atoms. The molecule has 1 amide bonds. The SMILES string of the molecule is Cc1cc(CN)cc(C)c1CNC=O. The van der Waals surface area contributed by atoms with Gasteiger partial charge in [0.1, 0.15) is 0 Å². The van der Waals surface area contributed by atoms with E-state index in [0.29, 0.717) is 13.1 Å². The van der Waals surface area contributed by atoms with Crippen molar-refractivity contribution in [2.45, 2.75) is 26.9 Å². The summed E-state index contributed by atoms with van der Waals surface area (Å²) in [5.74, 6) is 0. The summed E-state index contributed by atoms with van der Waals surface area (Å²) < 4.78 is 0. The molecule has 0 heterocycles. The van der Waals surface area contributed by atoms with Crippen LogP contribution in [-0.2, 0) is 17.9 Å². The van der Waals surface area contributed by atoms with Crippen molar-refractivity contribution in [2.75, 3.05) is 0 Å². The molecule has 3 N–H and O–H groups in total. The van der Waals surface area contributed by atoms with Crippen LogP contribution in [0.15, 0.2) is 12.1 Å². The van der Waals surface area contributed by atoms with Crippen molar-refractivity contribution in [3.63, 3.8) is 0 Å². The van der Waals surface area contributed by atoms with Crippen molar-refractivity contribution in [2.24, 2.45) is 5.73 Å². The van der Waals surface area contributed by atoms with Crippen molar-refractivity contribution in [3.8, 4) is 0 Å². The third-order valence-corrected chi connectivity index (χ3v) is 2.35. The van der Waals surface area contributed by atoms with Crippen LogP contribution in [0, 0.1) is 13.8 Å². The van der Waals surface area contributed by atoms with E-state index in [2.05, 4.69) is 17.4 Å². The van der Waals surface area contributed by atoms with Crippen LogP contribution in [-0.4, -0.2) is 6.41 Å². The van der Waals surface area contributed by atoms with E-state index < -0.39 is 0 Å². The second kappa shape index (κ2) is 4.77. The highest BCUT2D eigenvalue weighted by Crippen LogP contribution is 2.16.